The van der Waals surface area contributed by atoms with Gasteiger partial charge in [-0.3, -0.25) is 4.79 Å². The fraction of sp³-hybridized carbons (Fsp3) is 0.500. The number of carbonyl (C=O) groups excluding carboxylic acids is 1. The normalized spacial score (nSPS) is 26.5. The molecule has 0 spiro atoms. The molecule has 5 nitrogen and oxygen atoms in total. The molecule has 0 aliphatic heterocycles. The Bertz CT molecular complexity index is 740. The predicted molar refractivity (Wildman–Crippen MR) is 94.0 cm³/mol. The minimum absolute atomic E-state index is 0.0280. The third-order valence-corrected chi connectivity index (χ3v) is 6.62. The van der Waals surface area contributed by atoms with Crippen LogP contribution in [0.2, 0.25) is 0 Å². The topological polar surface area (TPSA) is 75.3 Å². The second-order valence-corrected chi connectivity index (χ2v) is 8.54. The molecule has 1 aromatic carbocycles. The van der Waals surface area contributed by atoms with Crippen molar-refractivity contribution in [2.75, 3.05) is 5.32 Å². The third-order valence-electron chi connectivity index (χ3n) is 5.02. The van der Waals surface area contributed by atoms with Gasteiger partial charge in [-0.2, -0.15) is 0 Å². The van der Waals surface area contributed by atoms with Gasteiger partial charge in [0.25, 0.3) is 0 Å². The minimum Gasteiger partial charge on any atom is -0.326 e. The first kappa shape index (κ1) is 17.2. The lowest BCUT2D eigenvalue weighted by molar-refractivity contribution is -0.120. The van der Waals surface area contributed by atoms with Crippen LogP contribution < -0.4 is 10.0 Å². The summed E-state index contributed by atoms with van der Waals surface area (Å²) in [6.07, 6.45) is 7.08. The zero-order valence-corrected chi connectivity index (χ0v) is 14.8. The molecule has 0 aromatic heterocycles. The summed E-state index contributed by atoms with van der Waals surface area (Å²) in [6, 6.07) is 6.24. The predicted octanol–water partition coefficient (Wildman–Crippen LogP) is 2.91. The summed E-state index contributed by atoms with van der Waals surface area (Å²) in [5.74, 6) is 0.968. The number of allylic oxidation sites excluding steroid dienone is 2. The molecular formula is C18H24N2O3S. The van der Waals surface area contributed by atoms with Gasteiger partial charge in [0, 0.05) is 17.6 Å². The van der Waals surface area contributed by atoms with Crippen molar-refractivity contribution in [3.8, 4) is 0 Å². The van der Waals surface area contributed by atoms with E-state index < -0.39 is 10.0 Å². The summed E-state index contributed by atoms with van der Waals surface area (Å²) in [7, 11) is -3.51. The largest absolute Gasteiger partial charge is 0.326 e. The fourth-order valence-electron chi connectivity index (χ4n) is 3.45. The van der Waals surface area contributed by atoms with Gasteiger partial charge in [-0.25, -0.2) is 13.1 Å². The fourth-order valence-corrected chi connectivity index (χ4v) is 4.78. The standard InChI is InChI=1S/C18H24N2O3S/c1-3-12(2)20-24(22,23)16-8-6-15(7-9-16)19-18(21)17-11-13-4-5-14(17)10-13/h4-9,12-14,17,20H,3,10-11H2,1-2H3,(H,19,21)/t12-,13+,14+,17-/m1/s1. The molecule has 3 rings (SSSR count). The molecular weight excluding hydrogens is 324 g/mol. The van der Waals surface area contributed by atoms with E-state index in [4.69, 9.17) is 0 Å². The highest BCUT2D eigenvalue weighted by Crippen LogP contribution is 2.43. The van der Waals surface area contributed by atoms with E-state index in [9.17, 15) is 13.2 Å². The van der Waals surface area contributed by atoms with Crippen molar-refractivity contribution in [3.63, 3.8) is 0 Å². The number of benzene rings is 1. The van der Waals surface area contributed by atoms with Crippen molar-refractivity contribution < 1.29 is 13.2 Å². The van der Waals surface area contributed by atoms with Gasteiger partial charge in [0.15, 0.2) is 0 Å². The lowest BCUT2D eigenvalue weighted by atomic mass is 9.93. The molecule has 1 fully saturated rings. The number of carbonyl (C=O) groups is 1. The van der Waals surface area contributed by atoms with Crippen LogP contribution in [-0.4, -0.2) is 20.4 Å². The Balaban J connectivity index is 1.64. The second-order valence-electron chi connectivity index (χ2n) is 6.83. The van der Waals surface area contributed by atoms with Crippen molar-refractivity contribution in [2.24, 2.45) is 17.8 Å². The first-order valence-corrected chi connectivity index (χ1v) is 9.99. The highest BCUT2D eigenvalue weighted by atomic mass is 32.2. The van der Waals surface area contributed by atoms with Gasteiger partial charge in [-0.05, 0) is 62.3 Å². The maximum absolute atomic E-state index is 12.4. The van der Waals surface area contributed by atoms with Gasteiger partial charge in [0.1, 0.15) is 0 Å². The summed E-state index contributed by atoms with van der Waals surface area (Å²) in [6.45, 7) is 3.76. The Kier molecular flexibility index (Phi) is 4.78. The minimum atomic E-state index is -3.51. The molecule has 0 heterocycles. The molecule has 2 aliphatic carbocycles. The first-order valence-electron chi connectivity index (χ1n) is 8.50. The van der Waals surface area contributed by atoms with Gasteiger partial charge in [0.2, 0.25) is 15.9 Å². The number of hydrogen-bond acceptors (Lipinski definition) is 3. The summed E-state index contributed by atoms with van der Waals surface area (Å²) < 4.78 is 27.1. The molecule has 6 heteroatoms. The van der Waals surface area contributed by atoms with E-state index in [1.165, 1.54) is 12.1 Å². The van der Waals surface area contributed by atoms with Crippen molar-refractivity contribution in [3.05, 3.63) is 36.4 Å². The van der Waals surface area contributed by atoms with Crippen LogP contribution in [0.4, 0.5) is 5.69 Å². The van der Waals surface area contributed by atoms with Gasteiger partial charge in [-0.15, -0.1) is 0 Å². The molecule has 2 N–H and O–H groups in total. The number of fused-ring (bicyclic) bond motifs is 2. The molecule has 130 valence electrons. The van der Waals surface area contributed by atoms with Crippen LogP contribution in [0.3, 0.4) is 0 Å². The van der Waals surface area contributed by atoms with Crippen molar-refractivity contribution >= 4 is 21.6 Å². The van der Waals surface area contributed by atoms with Crippen LogP contribution in [0.5, 0.6) is 0 Å². The van der Waals surface area contributed by atoms with E-state index in [0.717, 1.165) is 19.3 Å². The van der Waals surface area contributed by atoms with E-state index in [-0.39, 0.29) is 22.8 Å². The Morgan fingerprint density at radius 2 is 1.92 bits per heavy atom. The van der Waals surface area contributed by atoms with Gasteiger partial charge < -0.3 is 5.32 Å². The van der Waals surface area contributed by atoms with Crippen LogP contribution in [0.25, 0.3) is 0 Å². The number of amides is 1. The molecule has 4 atom stereocenters. The molecule has 0 unspecified atom stereocenters. The quantitative estimate of drug-likeness (QED) is 0.776. The van der Waals surface area contributed by atoms with E-state index in [2.05, 4.69) is 22.2 Å². The summed E-state index contributed by atoms with van der Waals surface area (Å²) in [4.78, 5) is 12.6. The molecule has 1 saturated carbocycles. The van der Waals surface area contributed by atoms with E-state index in [1.807, 2.05) is 13.8 Å². The summed E-state index contributed by atoms with van der Waals surface area (Å²) in [5.41, 5.74) is 0.634. The van der Waals surface area contributed by atoms with E-state index in [1.54, 1.807) is 12.1 Å². The van der Waals surface area contributed by atoms with Crippen LogP contribution in [0.15, 0.2) is 41.3 Å². The molecule has 1 amide bonds. The highest BCUT2D eigenvalue weighted by molar-refractivity contribution is 7.89. The van der Waals surface area contributed by atoms with Crippen LogP contribution in [-0.2, 0) is 14.8 Å². The Morgan fingerprint density at radius 3 is 2.46 bits per heavy atom. The average Bonchev–Trinajstić information content (AvgIpc) is 3.18. The number of hydrogen-bond donors (Lipinski definition) is 2. The Labute approximate surface area is 143 Å². The molecule has 1 aromatic rings. The maximum atomic E-state index is 12.4. The van der Waals surface area contributed by atoms with Crippen molar-refractivity contribution in [1.29, 1.82) is 0 Å². The SMILES string of the molecule is CC[C@@H](C)NS(=O)(=O)c1ccc(NC(=O)[C@@H]2C[C@H]3C=C[C@H]2C3)cc1. The zero-order valence-electron chi connectivity index (χ0n) is 14.0. The monoisotopic (exact) mass is 348 g/mol. The summed E-state index contributed by atoms with van der Waals surface area (Å²) >= 11 is 0. The van der Waals surface area contributed by atoms with Crippen molar-refractivity contribution in [1.82, 2.24) is 4.72 Å². The van der Waals surface area contributed by atoms with Crippen LogP contribution in [0.1, 0.15) is 33.1 Å². The lowest BCUT2D eigenvalue weighted by Crippen LogP contribution is -2.32. The molecule has 2 bridgehead atoms. The number of nitrogens with one attached hydrogen (secondary N) is 2. The molecule has 0 saturated heterocycles. The Morgan fingerprint density at radius 1 is 1.21 bits per heavy atom. The maximum Gasteiger partial charge on any atom is 0.240 e. The van der Waals surface area contributed by atoms with Crippen molar-refractivity contribution in [2.45, 2.75) is 44.0 Å². The second kappa shape index (κ2) is 6.69. The number of sulfonamides is 1. The van der Waals surface area contributed by atoms with Gasteiger partial charge >= 0.3 is 0 Å². The average molecular weight is 348 g/mol. The zero-order chi connectivity index (χ0) is 17.3. The van der Waals surface area contributed by atoms with Crippen LogP contribution >= 0.6 is 0 Å². The number of anilines is 1. The van der Waals surface area contributed by atoms with Gasteiger partial charge in [0.05, 0.1) is 4.90 Å². The summed E-state index contributed by atoms with van der Waals surface area (Å²) in [5, 5.41) is 2.91. The van der Waals surface area contributed by atoms with Gasteiger partial charge in [-0.1, -0.05) is 19.1 Å². The van der Waals surface area contributed by atoms with E-state index in [0.29, 0.717) is 17.5 Å². The molecule has 2 aliphatic rings. The third kappa shape index (κ3) is 3.54. The van der Waals surface area contributed by atoms with Crippen LogP contribution in [0, 0.1) is 17.8 Å². The smallest absolute Gasteiger partial charge is 0.240 e. The first-order chi connectivity index (χ1) is 11.4. The number of rotatable bonds is 6. The Hall–Kier alpha value is -1.66. The highest BCUT2D eigenvalue weighted by Gasteiger charge is 2.39. The molecule has 24 heavy (non-hydrogen) atoms. The molecule has 0 radical (unpaired) electrons. The lowest BCUT2D eigenvalue weighted by Gasteiger charge is -2.18. The van der Waals surface area contributed by atoms with E-state index >= 15 is 0 Å².